The lowest BCUT2D eigenvalue weighted by Gasteiger charge is -1.59. The zero-order valence-electron chi connectivity index (χ0n) is 5.53. The van der Waals surface area contributed by atoms with E-state index in [1.807, 2.05) is 6.07 Å². The molecule has 5 heteroatoms. The third-order valence-corrected chi connectivity index (χ3v) is 0.406. The quantitative estimate of drug-likeness (QED) is 0.524. The Labute approximate surface area is 58.0 Å². The van der Waals surface area contributed by atoms with Gasteiger partial charge in [0.1, 0.15) is 0 Å². The highest BCUT2D eigenvalue weighted by atomic mass is 16.4. The Kier molecular flexibility index (Phi) is 8.74. The van der Waals surface area contributed by atoms with E-state index in [0.717, 1.165) is 6.92 Å². The second-order valence-corrected chi connectivity index (χ2v) is 1.29. The normalized spacial score (nSPS) is 6.50. The number of nitrogens with one attached hydrogen (secondary N) is 1. The maximum atomic E-state index is 9.00. The summed E-state index contributed by atoms with van der Waals surface area (Å²) in [5.41, 5.74) is 0. The minimum Gasteiger partial charge on any atom is -0.481 e. The summed E-state index contributed by atoms with van der Waals surface area (Å²) in [6.07, 6.45) is 3.46. The number of carboxylic acids is 1. The Hall–Kier alpha value is -1.36. The van der Waals surface area contributed by atoms with Crippen molar-refractivity contribution >= 4 is 5.97 Å². The summed E-state index contributed by atoms with van der Waals surface area (Å²) in [5, 5.41) is 13.6. The molecule has 0 unspecified atom stereocenters. The van der Waals surface area contributed by atoms with E-state index >= 15 is 0 Å². The number of carbonyl (C=O) groups is 1. The van der Waals surface area contributed by atoms with Crippen LogP contribution in [0.1, 0.15) is 6.92 Å². The van der Waals surface area contributed by atoms with Crippen LogP contribution in [0.5, 0.6) is 0 Å². The molecular weight excluding hydrogens is 136 g/mol. The molecule has 0 amide bonds. The summed E-state index contributed by atoms with van der Waals surface area (Å²) in [5.74, 6) is -0.833. The van der Waals surface area contributed by atoms with Gasteiger partial charge in [0.25, 0.3) is 5.97 Å². The number of aliphatic carboxylic acids is 1. The minimum atomic E-state index is -0.833. The first kappa shape index (κ1) is 11.4. The van der Waals surface area contributed by atoms with Crippen molar-refractivity contribution in [3.05, 3.63) is 18.5 Å². The number of rotatable bonds is 0. The van der Waals surface area contributed by atoms with Crippen LogP contribution in [0.2, 0.25) is 0 Å². The minimum absolute atomic E-state index is 0. The predicted octanol–water partition coefficient (Wildman–Crippen LogP) is -0.324. The molecule has 0 aromatic carbocycles. The van der Waals surface area contributed by atoms with Gasteiger partial charge in [0, 0.05) is 19.3 Å². The van der Waals surface area contributed by atoms with Gasteiger partial charge in [-0.25, -0.2) is 0 Å². The second kappa shape index (κ2) is 7.64. The molecule has 1 aromatic rings. The molecule has 0 aliphatic carbocycles. The molecule has 0 saturated heterocycles. The molecule has 0 aliphatic rings. The predicted molar refractivity (Wildman–Crippen MR) is 35.5 cm³/mol. The summed E-state index contributed by atoms with van der Waals surface area (Å²) in [4.78, 5) is 9.00. The van der Waals surface area contributed by atoms with Gasteiger partial charge in [-0.1, -0.05) is 0 Å². The number of hydrogen-bond donors (Lipinski definition) is 2. The van der Waals surface area contributed by atoms with Gasteiger partial charge in [-0.3, -0.25) is 9.89 Å². The SMILES string of the molecule is CC(=O)O.O.c1cn[nH]c1. The molecule has 1 rings (SSSR count). The fourth-order valence-corrected chi connectivity index (χ4v) is 0.215. The number of carboxylic acid groups (broad SMARTS) is 1. The van der Waals surface area contributed by atoms with Crippen molar-refractivity contribution in [2.45, 2.75) is 6.92 Å². The summed E-state index contributed by atoms with van der Waals surface area (Å²) in [6, 6.07) is 1.83. The van der Waals surface area contributed by atoms with E-state index in [1.165, 1.54) is 0 Å². The molecule has 0 saturated carbocycles. The number of aromatic nitrogens is 2. The van der Waals surface area contributed by atoms with Crippen LogP contribution in [0, 0.1) is 0 Å². The molecule has 0 radical (unpaired) electrons. The van der Waals surface area contributed by atoms with Gasteiger partial charge in [-0.05, 0) is 6.07 Å². The fraction of sp³-hybridized carbons (Fsp3) is 0.200. The molecule has 0 bridgehead atoms. The lowest BCUT2D eigenvalue weighted by Crippen LogP contribution is -1.78. The van der Waals surface area contributed by atoms with Crippen LogP contribution >= 0.6 is 0 Å². The van der Waals surface area contributed by atoms with E-state index < -0.39 is 5.97 Å². The molecule has 0 aliphatic heterocycles. The molecule has 1 heterocycles. The van der Waals surface area contributed by atoms with Gasteiger partial charge in [0.2, 0.25) is 0 Å². The average Bonchev–Trinajstić information content (AvgIpc) is 2.11. The third kappa shape index (κ3) is 15.9. The van der Waals surface area contributed by atoms with Crippen LogP contribution in [0.25, 0.3) is 0 Å². The van der Waals surface area contributed by atoms with Crippen molar-refractivity contribution in [2.75, 3.05) is 0 Å². The maximum Gasteiger partial charge on any atom is 0.300 e. The first-order valence-electron chi connectivity index (χ1n) is 2.36. The van der Waals surface area contributed by atoms with Crippen molar-refractivity contribution < 1.29 is 15.4 Å². The molecule has 5 nitrogen and oxygen atoms in total. The van der Waals surface area contributed by atoms with Crippen LogP contribution in [-0.4, -0.2) is 26.7 Å². The number of hydrogen-bond acceptors (Lipinski definition) is 2. The highest BCUT2D eigenvalue weighted by molar-refractivity contribution is 5.62. The Morgan fingerprint density at radius 2 is 2.20 bits per heavy atom. The van der Waals surface area contributed by atoms with E-state index in [9.17, 15) is 0 Å². The standard InChI is InChI=1S/C3H4N2.C2H4O2.H2O/c1-2-4-5-3-1;1-2(3)4;/h1-3H,(H,4,5);1H3,(H,3,4);1H2. The highest BCUT2D eigenvalue weighted by Crippen LogP contribution is 1.64. The summed E-state index contributed by atoms with van der Waals surface area (Å²) < 4.78 is 0. The smallest absolute Gasteiger partial charge is 0.300 e. The van der Waals surface area contributed by atoms with E-state index in [-0.39, 0.29) is 5.48 Å². The first-order valence-corrected chi connectivity index (χ1v) is 2.36. The molecule has 1 aromatic heterocycles. The van der Waals surface area contributed by atoms with E-state index in [4.69, 9.17) is 9.90 Å². The van der Waals surface area contributed by atoms with Gasteiger partial charge in [-0.2, -0.15) is 5.10 Å². The Morgan fingerprint density at radius 3 is 2.30 bits per heavy atom. The second-order valence-electron chi connectivity index (χ2n) is 1.29. The van der Waals surface area contributed by atoms with Crippen molar-refractivity contribution in [1.29, 1.82) is 0 Å². The van der Waals surface area contributed by atoms with Crippen molar-refractivity contribution in [2.24, 2.45) is 0 Å². The largest absolute Gasteiger partial charge is 0.481 e. The van der Waals surface area contributed by atoms with Crippen molar-refractivity contribution in [3.8, 4) is 0 Å². The molecule has 0 spiro atoms. The lowest BCUT2D eigenvalue weighted by molar-refractivity contribution is -0.134. The molecule has 58 valence electrons. The third-order valence-electron chi connectivity index (χ3n) is 0.406. The van der Waals surface area contributed by atoms with Gasteiger partial charge in [0.15, 0.2) is 0 Å². The zero-order chi connectivity index (χ0) is 7.11. The highest BCUT2D eigenvalue weighted by Gasteiger charge is 1.65. The Bertz CT molecular complexity index is 129. The van der Waals surface area contributed by atoms with Crippen LogP contribution in [0.3, 0.4) is 0 Å². The fourth-order valence-electron chi connectivity index (χ4n) is 0.215. The monoisotopic (exact) mass is 146 g/mol. The van der Waals surface area contributed by atoms with Gasteiger partial charge < -0.3 is 10.6 Å². The maximum absolute atomic E-state index is 9.00. The van der Waals surface area contributed by atoms with Gasteiger partial charge in [0.05, 0.1) is 0 Å². The van der Waals surface area contributed by atoms with Crippen LogP contribution in [0.15, 0.2) is 18.5 Å². The van der Waals surface area contributed by atoms with Crippen LogP contribution in [0.4, 0.5) is 0 Å². The van der Waals surface area contributed by atoms with Crippen molar-refractivity contribution in [1.82, 2.24) is 10.2 Å². The average molecular weight is 146 g/mol. The van der Waals surface area contributed by atoms with E-state index in [1.54, 1.807) is 12.4 Å². The molecule has 0 fully saturated rings. The van der Waals surface area contributed by atoms with Crippen LogP contribution in [-0.2, 0) is 4.79 Å². The summed E-state index contributed by atoms with van der Waals surface area (Å²) in [7, 11) is 0. The number of nitrogens with zero attached hydrogens (tertiary/aromatic N) is 1. The van der Waals surface area contributed by atoms with E-state index in [0.29, 0.717) is 0 Å². The molecule has 4 N–H and O–H groups in total. The summed E-state index contributed by atoms with van der Waals surface area (Å²) >= 11 is 0. The lowest BCUT2D eigenvalue weighted by atomic mass is 10.8. The summed E-state index contributed by atoms with van der Waals surface area (Å²) in [6.45, 7) is 1.08. The zero-order valence-corrected chi connectivity index (χ0v) is 5.53. The van der Waals surface area contributed by atoms with E-state index in [2.05, 4.69) is 10.2 Å². The van der Waals surface area contributed by atoms with Crippen molar-refractivity contribution in [3.63, 3.8) is 0 Å². The number of aromatic amines is 1. The first-order chi connectivity index (χ1) is 4.23. The number of H-pyrrole nitrogens is 1. The molecule has 10 heavy (non-hydrogen) atoms. The molecular formula is C5H10N2O3. The van der Waals surface area contributed by atoms with Gasteiger partial charge in [-0.15, -0.1) is 0 Å². The van der Waals surface area contributed by atoms with Crippen LogP contribution < -0.4 is 0 Å². The molecule has 0 atom stereocenters. The Morgan fingerprint density at radius 1 is 1.70 bits per heavy atom. The topological polar surface area (TPSA) is 97.5 Å². The van der Waals surface area contributed by atoms with Gasteiger partial charge >= 0.3 is 0 Å². The Balaban J connectivity index is 0.